The van der Waals surface area contributed by atoms with Gasteiger partial charge in [0.2, 0.25) is 0 Å². The topological polar surface area (TPSA) is 252 Å². The fourth-order valence-corrected chi connectivity index (χ4v) is 8.69. The Balaban J connectivity index is 1.03. The standard InChI is InChI=1S/C52H60N6O12/c1-30-41(65-3)22-34(23-42(30)66-4)49(59)45(27-54-26-39-47(53)37(51(61)62)18-19-55-39)68-20-10-13-32-11-8-12-33(21-32)29-69-44-25-35(24-43(67-5)31(44)2)50(60)46(70-36-14-6-7-15-36)28-58-40-17-9-16-38(52(63)64)48(40)56-57-58/h8-9,11-12,16-19,21-26,36,45-46,49-50,59-60H,6-7,10,13-15,20,27-29,53H2,1-5H3,(H,61,62)(H,63,64)/t45-,46-,49+,50+/m0/s1. The minimum Gasteiger partial charge on any atom is -0.496 e. The average Bonchev–Trinajstić information content (AvgIpc) is 4.04. The Morgan fingerprint density at radius 3 is 2.09 bits per heavy atom. The molecule has 4 atom stereocenters. The molecular weight excluding hydrogens is 901 g/mol. The number of benzene rings is 4. The number of aliphatic hydroxyl groups excluding tert-OH is 2. The summed E-state index contributed by atoms with van der Waals surface area (Å²) in [5.74, 6) is -0.170. The van der Waals surface area contributed by atoms with Gasteiger partial charge in [-0.1, -0.05) is 48.4 Å². The molecule has 1 saturated carbocycles. The molecule has 1 fully saturated rings. The van der Waals surface area contributed by atoms with Crippen LogP contribution in [0.15, 0.2) is 84.0 Å². The molecule has 0 spiro atoms. The van der Waals surface area contributed by atoms with Crippen molar-refractivity contribution in [3.05, 3.63) is 129 Å². The molecule has 0 aliphatic heterocycles. The number of carboxylic acid groups (broad SMARTS) is 2. The highest BCUT2D eigenvalue weighted by Gasteiger charge is 2.31. The van der Waals surface area contributed by atoms with Crippen molar-refractivity contribution >= 4 is 34.9 Å². The highest BCUT2D eigenvalue weighted by Crippen LogP contribution is 2.37. The van der Waals surface area contributed by atoms with Crippen LogP contribution in [0.3, 0.4) is 0 Å². The van der Waals surface area contributed by atoms with Crippen LogP contribution in [0.5, 0.6) is 23.0 Å². The Hall–Kier alpha value is -7.12. The molecule has 4 aromatic carbocycles. The molecule has 6 aromatic rings. The van der Waals surface area contributed by atoms with E-state index in [4.69, 9.17) is 34.2 Å². The first kappa shape index (κ1) is 50.7. The smallest absolute Gasteiger partial charge is 0.338 e. The first-order valence-electron chi connectivity index (χ1n) is 23.1. The van der Waals surface area contributed by atoms with E-state index in [2.05, 4.69) is 26.4 Å². The monoisotopic (exact) mass is 960 g/mol. The predicted octanol–water partition coefficient (Wildman–Crippen LogP) is 7.26. The number of ether oxygens (including phenoxy) is 6. The summed E-state index contributed by atoms with van der Waals surface area (Å²) < 4.78 is 37.8. The lowest BCUT2D eigenvalue weighted by Crippen LogP contribution is -2.31. The quantitative estimate of drug-likeness (QED) is 0.0296. The van der Waals surface area contributed by atoms with E-state index in [9.17, 15) is 30.0 Å². The number of pyridine rings is 1. The van der Waals surface area contributed by atoms with Gasteiger partial charge in [-0.2, -0.15) is 0 Å². The van der Waals surface area contributed by atoms with E-state index >= 15 is 0 Å². The maximum Gasteiger partial charge on any atom is 0.338 e. The molecule has 2 aromatic heterocycles. The molecule has 18 nitrogen and oxygen atoms in total. The minimum atomic E-state index is -1.18. The number of aliphatic imine (C=N–C) groups is 1. The second-order valence-electron chi connectivity index (χ2n) is 17.2. The summed E-state index contributed by atoms with van der Waals surface area (Å²) in [5.41, 5.74) is 11.4. The van der Waals surface area contributed by atoms with Crippen molar-refractivity contribution in [1.82, 2.24) is 20.0 Å². The Labute approximate surface area is 405 Å². The maximum atomic E-state index is 12.1. The molecule has 0 amide bonds. The van der Waals surface area contributed by atoms with Gasteiger partial charge < -0.3 is 54.6 Å². The van der Waals surface area contributed by atoms with Gasteiger partial charge >= 0.3 is 11.9 Å². The van der Waals surface area contributed by atoms with Crippen LogP contribution >= 0.6 is 0 Å². The van der Waals surface area contributed by atoms with Gasteiger partial charge in [-0.15, -0.1) is 5.10 Å². The molecule has 70 heavy (non-hydrogen) atoms. The highest BCUT2D eigenvalue weighted by molar-refractivity contribution is 6.00. The number of aliphatic hydroxyl groups is 2. The normalized spacial score (nSPS) is 14.7. The fourth-order valence-electron chi connectivity index (χ4n) is 8.69. The van der Waals surface area contributed by atoms with Crippen molar-refractivity contribution in [3.8, 4) is 23.0 Å². The van der Waals surface area contributed by atoms with Crippen LogP contribution in [0.4, 0.5) is 5.69 Å². The Morgan fingerprint density at radius 1 is 0.814 bits per heavy atom. The number of carbonyl (C=O) groups is 2. The van der Waals surface area contributed by atoms with Crippen molar-refractivity contribution in [1.29, 1.82) is 0 Å². The van der Waals surface area contributed by atoms with Crippen LogP contribution in [-0.4, -0.2) is 111 Å². The van der Waals surface area contributed by atoms with Crippen LogP contribution in [0, 0.1) is 13.8 Å². The van der Waals surface area contributed by atoms with Gasteiger partial charge in [-0.25, -0.2) is 14.3 Å². The number of hydrogen-bond acceptors (Lipinski definition) is 15. The lowest BCUT2D eigenvalue weighted by Gasteiger charge is -2.28. The van der Waals surface area contributed by atoms with E-state index in [-0.39, 0.29) is 60.4 Å². The SMILES string of the molecule is COc1cc([C@@H](O)[C@H](CN=Cc2nccc(C(=O)O)c2N)OCCCc2cccc(COc3cc([C@@H](O)[C@H](Cn4nnc5c(C(=O)O)cccc54)OC4CCCC4)cc(OC)c3C)c2)cc(OC)c1C. The summed E-state index contributed by atoms with van der Waals surface area (Å²) in [7, 11) is 4.64. The van der Waals surface area contributed by atoms with Gasteiger partial charge in [0.25, 0.3) is 0 Å². The summed E-state index contributed by atoms with van der Waals surface area (Å²) in [6.45, 7) is 4.34. The lowest BCUT2D eigenvalue weighted by molar-refractivity contribution is -0.0842. The number of nitrogens with two attached hydrogens (primary N) is 1. The number of aryl methyl sites for hydroxylation is 1. The number of aromatic carboxylic acids is 2. The zero-order valence-corrected chi connectivity index (χ0v) is 39.9. The van der Waals surface area contributed by atoms with E-state index in [0.717, 1.165) is 47.9 Å². The molecule has 2 heterocycles. The molecule has 0 radical (unpaired) electrons. The van der Waals surface area contributed by atoms with Crippen LogP contribution < -0.4 is 24.7 Å². The average molecular weight is 961 g/mol. The van der Waals surface area contributed by atoms with Crippen LogP contribution in [-0.2, 0) is 29.0 Å². The second kappa shape index (κ2) is 23.5. The largest absolute Gasteiger partial charge is 0.496 e. The van der Waals surface area contributed by atoms with Crippen molar-refractivity contribution in [2.24, 2.45) is 4.99 Å². The van der Waals surface area contributed by atoms with E-state index < -0.39 is 36.4 Å². The van der Waals surface area contributed by atoms with Crippen LogP contribution in [0.2, 0.25) is 0 Å². The van der Waals surface area contributed by atoms with Crippen LogP contribution in [0.1, 0.15) is 104 Å². The van der Waals surface area contributed by atoms with E-state index in [1.165, 1.54) is 24.5 Å². The van der Waals surface area contributed by atoms with Gasteiger partial charge in [-0.3, -0.25) is 9.98 Å². The number of carboxylic acids is 2. The van der Waals surface area contributed by atoms with Crippen molar-refractivity contribution in [2.45, 2.75) is 96.0 Å². The van der Waals surface area contributed by atoms with Gasteiger partial charge in [-0.05, 0) is 104 Å². The number of methoxy groups -OCH3 is 3. The summed E-state index contributed by atoms with van der Waals surface area (Å²) >= 11 is 0. The van der Waals surface area contributed by atoms with Crippen molar-refractivity contribution in [2.75, 3.05) is 40.2 Å². The predicted molar refractivity (Wildman–Crippen MR) is 260 cm³/mol. The van der Waals surface area contributed by atoms with Crippen LogP contribution in [0.25, 0.3) is 11.0 Å². The number of hydrogen-bond donors (Lipinski definition) is 5. The van der Waals surface area contributed by atoms with Crippen molar-refractivity contribution < 1.29 is 58.4 Å². The third-order valence-corrected chi connectivity index (χ3v) is 12.6. The minimum absolute atomic E-state index is 0.00406. The first-order chi connectivity index (χ1) is 33.8. The number of nitrogen functional groups attached to an aromatic ring is 1. The fraction of sp³-hybridized carbons (Fsp3) is 0.385. The highest BCUT2D eigenvalue weighted by atomic mass is 16.5. The molecule has 0 saturated heterocycles. The Kier molecular flexibility index (Phi) is 17.0. The third kappa shape index (κ3) is 12.0. The van der Waals surface area contributed by atoms with E-state index in [1.54, 1.807) is 62.4 Å². The number of anilines is 1. The van der Waals surface area contributed by atoms with Gasteiger partial charge in [0, 0.05) is 30.1 Å². The van der Waals surface area contributed by atoms with E-state index in [0.29, 0.717) is 52.5 Å². The summed E-state index contributed by atoms with van der Waals surface area (Å²) in [6, 6.07) is 21.2. The number of fused-ring (bicyclic) bond motifs is 1. The first-order valence-corrected chi connectivity index (χ1v) is 23.1. The summed E-state index contributed by atoms with van der Waals surface area (Å²) in [5, 5.41) is 51.4. The van der Waals surface area contributed by atoms with Gasteiger partial charge in [0.1, 0.15) is 65.2 Å². The number of nitrogens with zero attached hydrogens (tertiary/aromatic N) is 5. The molecule has 370 valence electrons. The molecule has 0 unspecified atom stereocenters. The lowest BCUT2D eigenvalue weighted by atomic mass is 10.0. The maximum absolute atomic E-state index is 12.1. The Morgan fingerprint density at radius 2 is 1.43 bits per heavy atom. The molecule has 6 N–H and O–H groups in total. The van der Waals surface area contributed by atoms with E-state index in [1.807, 2.05) is 32.0 Å². The molecule has 0 bridgehead atoms. The third-order valence-electron chi connectivity index (χ3n) is 12.6. The van der Waals surface area contributed by atoms with Gasteiger partial charge in [0.15, 0.2) is 0 Å². The van der Waals surface area contributed by atoms with Gasteiger partial charge in [0.05, 0.1) is 62.9 Å². The zero-order valence-electron chi connectivity index (χ0n) is 39.9. The molecule has 1 aliphatic carbocycles. The number of aromatic nitrogens is 4. The second-order valence-corrected chi connectivity index (χ2v) is 17.2. The molecule has 7 rings (SSSR count). The Bertz CT molecular complexity index is 2780. The number of rotatable bonds is 24. The molecular formula is C52H60N6O12. The zero-order chi connectivity index (χ0) is 49.9. The molecule has 18 heteroatoms. The summed E-state index contributed by atoms with van der Waals surface area (Å²) in [6.07, 6.45) is 3.81. The summed E-state index contributed by atoms with van der Waals surface area (Å²) in [4.78, 5) is 32.2. The molecule has 1 aliphatic rings. The van der Waals surface area contributed by atoms with Crippen molar-refractivity contribution in [3.63, 3.8) is 0 Å².